The number of nitro groups is 1. The van der Waals surface area contributed by atoms with E-state index in [9.17, 15) is 14.9 Å². The second kappa shape index (κ2) is 5.82. The van der Waals surface area contributed by atoms with Crippen molar-refractivity contribution in [3.05, 3.63) is 38.9 Å². The molecule has 1 rings (SSSR count). The zero-order valence-corrected chi connectivity index (χ0v) is 10.4. The molecule has 0 amide bonds. The summed E-state index contributed by atoms with van der Waals surface area (Å²) in [5, 5.41) is 10.9. The first kappa shape index (κ1) is 13.7. The fourth-order valence-corrected chi connectivity index (χ4v) is 1.53. The van der Waals surface area contributed by atoms with Crippen LogP contribution >= 0.6 is 0 Å². The Morgan fingerprint density at radius 3 is 2.67 bits per heavy atom. The SMILES string of the molecule is COC(=O)CC#Cc1c(C)cc(C)cc1[N+](=O)[O-]. The van der Waals surface area contributed by atoms with Crippen molar-refractivity contribution in [1.82, 2.24) is 0 Å². The van der Waals surface area contributed by atoms with Gasteiger partial charge in [-0.2, -0.15) is 0 Å². The van der Waals surface area contributed by atoms with E-state index in [0.29, 0.717) is 5.56 Å². The average molecular weight is 247 g/mol. The summed E-state index contributed by atoms with van der Waals surface area (Å²) >= 11 is 0. The van der Waals surface area contributed by atoms with Crippen LogP contribution in [0.3, 0.4) is 0 Å². The predicted octanol–water partition coefficient (Wildman–Crippen LogP) is 2.13. The van der Waals surface area contributed by atoms with Crippen LogP contribution in [0.15, 0.2) is 12.1 Å². The Morgan fingerprint density at radius 2 is 2.11 bits per heavy atom. The molecule has 0 saturated heterocycles. The van der Waals surface area contributed by atoms with E-state index in [1.165, 1.54) is 13.2 Å². The molecule has 0 aliphatic heterocycles. The number of ether oxygens (including phenoxy) is 1. The van der Waals surface area contributed by atoms with Crippen LogP contribution in [0.4, 0.5) is 5.69 Å². The number of hydrogen-bond donors (Lipinski definition) is 0. The Bertz CT molecular complexity index is 552. The van der Waals surface area contributed by atoms with Crippen LogP contribution in [0.5, 0.6) is 0 Å². The van der Waals surface area contributed by atoms with Gasteiger partial charge in [0.05, 0.1) is 12.0 Å². The lowest BCUT2D eigenvalue weighted by atomic mass is 10.0. The van der Waals surface area contributed by atoms with E-state index in [4.69, 9.17) is 0 Å². The van der Waals surface area contributed by atoms with Crippen LogP contribution in [-0.4, -0.2) is 18.0 Å². The number of benzene rings is 1. The summed E-state index contributed by atoms with van der Waals surface area (Å²) in [6.07, 6.45) is -0.0824. The molecule has 0 aliphatic carbocycles. The molecular weight excluding hydrogens is 234 g/mol. The number of aryl methyl sites for hydroxylation is 2. The van der Waals surface area contributed by atoms with Crippen LogP contribution in [0.1, 0.15) is 23.1 Å². The Balaban J connectivity index is 3.15. The number of methoxy groups -OCH3 is 1. The number of hydrogen-bond acceptors (Lipinski definition) is 4. The van der Waals surface area contributed by atoms with E-state index in [1.807, 2.05) is 6.07 Å². The average Bonchev–Trinajstić information content (AvgIpc) is 2.30. The van der Waals surface area contributed by atoms with Gasteiger partial charge in [-0.1, -0.05) is 17.9 Å². The van der Waals surface area contributed by atoms with Crippen molar-refractivity contribution in [1.29, 1.82) is 0 Å². The minimum Gasteiger partial charge on any atom is -0.468 e. The minimum atomic E-state index is -0.470. The highest BCUT2D eigenvalue weighted by atomic mass is 16.6. The third-order valence-corrected chi connectivity index (χ3v) is 2.33. The van der Waals surface area contributed by atoms with Crippen LogP contribution in [0, 0.1) is 35.8 Å². The lowest BCUT2D eigenvalue weighted by Crippen LogP contribution is -1.98. The van der Waals surface area contributed by atoms with Gasteiger partial charge in [-0.25, -0.2) is 0 Å². The molecule has 0 N–H and O–H groups in total. The quantitative estimate of drug-likeness (QED) is 0.347. The topological polar surface area (TPSA) is 69.4 Å². The molecule has 0 aliphatic rings. The highest BCUT2D eigenvalue weighted by molar-refractivity contribution is 5.72. The van der Waals surface area contributed by atoms with Crippen molar-refractivity contribution in [2.24, 2.45) is 0 Å². The third-order valence-electron chi connectivity index (χ3n) is 2.33. The lowest BCUT2D eigenvalue weighted by Gasteiger charge is -2.02. The minimum absolute atomic E-state index is 0.0372. The molecule has 1 aromatic carbocycles. The van der Waals surface area contributed by atoms with Gasteiger partial charge in [0, 0.05) is 6.07 Å². The van der Waals surface area contributed by atoms with Crippen LogP contribution in [0.25, 0.3) is 0 Å². The highest BCUT2D eigenvalue weighted by Gasteiger charge is 2.14. The van der Waals surface area contributed by atoms with Crippen LogP contribution in [-0.2, 0) is 9.53 Å². The van der Waals surface area contributed by atoms with Gasteiger partial charge in [0.1, 0.15) is 12.0 Å². The second-order valence-corrected chi connectivity index (χ2v) is 3.79. The van der Waals surface area contributed by atoms with Gasteiger partial charge in [-0.15, -0.1) is 0 Å². The molecule has 1 aromatic rings. The molecule has 5 heteroatoms. The van der Waals surface area contributed by atoms with Gasteiger partial charge in [0.2, 0.25) is 0 Å². The maximum atomic E-state index is 10.9. The van der Waals surface area contributed by atoms with E-state index in [0.717, 1.165) is 11.1 Å². The first-order valence-corrected chi connectivity index (χ1v) is 5.27. The van der Waals surface area contributed by atoms with Gasteiger partial charge >= 0.3 is 5.97 Å². The molecule has 0 heterocycles. The standard InChI is InChI=1S/C13H13NO4/c1-9-7-10(2)11(12(8-9)14(16)17)5-4-6-13(15)18-3/h7-8H,6H2,1-3H3. The molecule has 0 atom stereocenters. The zero-order chi connectivity index (χ0) is 13.7. The molecule has 0 unspecified atom stereocenters. The normalized spacial score (nSPS) is 9.28. The van der Waals surface area contributed by atoms with Crippen molar-refractivity contribution < 1.29 is 14.5 Å². The molecule has 0 bridgehead atoms. The van der Waals surface area contributed by atoms with E-state index in [-0.39, 0.29) is 12.1 Å². The van der Waals surface area contributed by atoms with Gasteiger partial charge in [-0.05, 0) is 25.0 Å². The van der Waals surface area contributed by atoms with Gasteiger partial charge in [0.25, 0.3) is 5.69 Å². The monoisotopic (exact) mass is 247 g/mol. The van der Waals surface area contributed by atoms with Crippen LogP contribution in [0.2, 0.25) is 0 Å². The Labute approximate surface area is 105 Å². The summed E-state index contributed by atoms with van der Waals surface area (Å²) in [6.45, 7) is 3.54. The summed E-state index contributed by atoms with van der Waals surface area (Å²) in [4.78, 5) is 21.4. The molecule has 0 spiro atoms. The lowest BCUT2D eigenvalue weighted by molar-refractivity contribution is -0.385. The molecule has 18 heavy (non-hydrogen) atoms. The second-order valence-electron chi connectivity index (χ2n) is 3.79. The fraction of sp³-hybridized carbons (Fsp3) is 0.308. The van der Waals surface area contributed by atoms with Gasteiger partial charge in [0.15, 0.2) is 0 Å². The third kappa shape index (κ3) is 3.32. The zero-order valence-electron chi connectivity index (χ0n) is 10.4. The van der Waals surface area contributed by atoms with Gasteiger partial charge in [-0.3, -0.25) is 14.9 Å². The number of nitro benzene ring substituents is 1. The molecule has 0 aromatic heterocycles. The first-order chi connectivity index (χ1) is 8.45. The highest BCUT2D eigenvalue weighted by Crippen LogP contribution is 2.23. The molecule has 0 fully saturated rings. The Hall–Kier alpha value is -2.35. The van der Waals surface area contributed by atoms with E-state index in [1.54, 1.807) is 13.8 Å². The fourth-order valence-electron chi connectivity index (χ4n) is 1.53. The van der Waals surface area contributed by atoms with Crippen molar-refractivity contribution in [3.8, 4) is 11.8 Å². The summed E-state index contributed by atoms with van der Waals surface area (Å²) in [6, 6.07) is 3.28. The maximum absolute atomic E-state index is 10.9. The summed E-state index contributed by atoms with van der Waals surface area (Å²) in [7, 11) is 1.27. The molecule has 0 radical (unpaired) electrons. The Kier molecular flexibility index (Phi) is 4.44. The first-order valence-electron chi connectivity index (χ1n) is 5.27. The number of carbonyl (C=O) groups excluding carboxylic acids is 1. The molecular formula is C13H13NO4. The molecule has 0 saturated carbocycles. The van der Waals surface area contributed by atoms with Crippen molar-refractivity contribution in [3.63, 3.8) is 0 Å². The number of esters is 1. The summed E-state index contributed by atoms with van der Waals surface area (Å²) < 4.78 is 4.44. The van der Waals surface area contributed by atoms with Crippen molar-refractivity contribution in [2.45, 2.75) is 20.3 Å². The van der Waals surface area contributed by atoms with Crippen LogP contribution < -0.4 is 0 Å². The molecule has 94 valence electrons. The van der Waals surface area contributed by atoms with E-state index in [2.05, 4.69) is 16.6 Å². The molecule has 5 nitrogen and oxygen atoms in total. The largest absolute Gasteiger partial charge is 0.468 e. The van der Waals surface area contributed by atoms with Crippen molar-refractivity contribution >= 4 is 11.7 Å². The van der Waals surface area contributed by atoms with Gasteiger partial charge < -0.3 is 4.74 Å². The Morgan fingerprint density at radius 1 is 1.44 bits per heavy atom. The summed E-state index contributed by atoms with van der Waals surface area (Å²) in [5.74, 6) is 4.78. The van der Waals surface area contributed by atoms with E-state index >= 15 is 0 Å². The maximum Gasteiger partial charge on any atom is 0.317 e. The number of rotatable bonds is 2. The van der Waals surface area contributed by atoms with E-state index < -0.39 is 10.9 Å². The number of carbonyl (C=O) groups is 1. The summed E-state index contributed by atoms with van der Waals surface area (Å²) in [5.41, 5.74) is 1.83. The number of nitrogens with zero attached hydrogens (tertiary/aromatic N) is 1. The predicted molar refractivity (Wildman–Crippen MR) is 66.1 cm³/mol. The van der Waals surface area contributed by atoms with Crippen molar-refractivity contribution in [2.75, 3.05) is 7.11 Å². The smallest absolute Gasteiger partial charge is 0.317 e.